The molecule has 0 bridgehead atoms. The monoisotopic (exact) mass is 1690 g/mol. The normalized spacial score (nSPS) is 17.4. The highest BCUT2D eigenvalue weighted by Crippen LogP contribution is 2.43. The Labute approximate surface area is 719 Å². The molecule has 9 atom stereocenters. The maximum atomic E-state index is 12.7. The number of benzene rings is 7. The van der Waals surface area contributed by atoms with Gasteiger partial charge in [-0.25, -0.2) is 51.1 Å². The van der Waals surface area contributed by atoms with Crippen molar-refractivity contribution in [3.63, 3.8) is 0 Å². The summed E-state index contributed by atoms with van der Waals surface area (Å²) < 4.78 is 86.4. The van der Waals surface area contributed by atoms with Gasteiger partial charge in [-0.05, 0) is 237 Å². The van der Waals surface area contributed by atoms with Gasteiger partial charge in [0.25, 0.3) is 0 Å². The van der Waals surface area contributed by atoms with Crippen LogP contribution in [-0.4, -0.2) is 96.7 Å². The fourth-order valence-electron chi connectivity index (χ4n) is 15.1. The van der Waals surface area contributed by atoms with Gasteiger partial charge in [0, 0.05) is 28.7 Å². The van der Waals surface area contributed by atoms with E-state index in [1.165, 1.54) is 73.2 Å². The summed E-state index contributed by atoms with van der Waals surface area (Å²) in [6.07, 6.45) is 17.5. The number of esters is 7. The topological polar surface area (TPSA) is 245 Å². The Kier molecular flexibility index (Phi) is 40.0. The van der Waals surface area contributed by atoms with Gasteiger partial charge in [-0.2, -0.15) is 0 Å². The Balaban J connectivity index is 0.000000196. The van der Waals surface area contributed by atoms with E-state index in [2.05, 4.69) is 19.9 Å². The van der Waals surface area contributed by atoms with Crippen LogP contribution in [0.2, 0.25) is 0 Å². The smallest absolute Gasteiger partial charge is 0.339 e. The molecular formula is C101H130F4O17. The maximum absolute atomic E-state index is 12.7. The number of aliphatic hydroxyl groups excluding tert-OH is 3. The Hall–Kier alpha value is -9.57. The number of aryl methyl sites for hydroxylation is 7. The molecule has 0 aromatic heterocycles. The number of aliphatic hydroxyl groups is 3. The Bertz CT molecular complexity index is 4590. The van der Waals surface area contributed by atoms with Crippen LogP contribution in [0.15, 0.2) is 127 Å². The second-order valence-corrected chi connectivity index (χ2v) is 33.7. The number of hydrogen-bond acceptors (Lipinski definition) is 17. The van der Waals surface area contributed by atoms with Gasteiger partial charge in [-0.15, -0.1) is 0 Å². The minimum Gasteiger partial charge on any atom is -0.465 e. The lowest BCUT2D eigenvalue weighted by Crippen LogP contribution is -2.10. The molecule has 0 amide bonds. The molecule has 2 fully saturated rings. The third-order valence-electron chi connectivity index (χ3n) is 22.5. The van der Waals surface area contributed by atoms with E-state index in [1.54, 1.807) is 37.3 Å². The van der Waals surface area contributed by atoms with Gasteiger partial charge in [0.2, 0.25) is 5.92 Å². The molecule has 2 aliphatic carbocycles. The van der Waals surface area contributed by atoms with Crippen LogP contribution in [0.1, 0.15) is 388 Å². The summed E-state index contributed by atoms with van der Waals surface area (Å²) in [5.41, 5.74) is 17.2. The van der Waals surface area contributed by atoms with Crippen LogP contribution in [0, 0.1) is 60.3 Å². The van der Waals surface area contributed by atoms with Crippen molar-refractivity contribution in [2.75, 3.05) is 21.3 Å². The Morgan fingerprint density at radius 2 is 0.664 bits per heavy atom. The number of halogens is 4. The van der Waals surface area contributed by atoms with E-state index in [0.29, 0.717) is 95.9 Å². The summed E-state index contributed by atoms with van der Waals surface area (Å²) in [6, 6.07) is 39.7. The lowest BCUT2D eigenvalue weighted by Gasteiger charge is -2.15. The van der Waals surface area contributed by atoms with E-state index in [0.717, 1.165) is 149 Å². The van der Waals surface area contributed by atoms with Crippen molar-refractivity contribution in [3.8, 4) is 0 Å². The summed E-state index contributed by atoms with van der Waals surface area (Å²) >= 11 is 0. The zero-order chi connectivity index (χ0) is 89.5. The fraction of sp³-hybridized carbons (Fsp3) is 0.515. The number of hydrogen-bond donors (Lipinski definition) is 3. The molecular weight excluding hydrogens is 1560 g/mol. The molecule has 122 heavy (non-hydrogen) atoms. The molecule has 21 heteroatoms. The van der Waals surface area contributed by atoms with Gasteiger partial charge < -0.3 is 48.5 Å². The first-order chi connectivity index (χ1) is 58.1. The van der Waals surface area contributed by atoms with Crippen molar-refractivity contribution < 1.29 is 99.6 Å². The van der Waals surface area contributed by atoms with Crippen LogP contribution < -0.4 is 0 Å². The summed E-state index contributed by atoms with van der Waals surface area (Å²) in [5.74, 6) is -3.08. The molecule has 17 nitrogen and oxygen atoms in total. The summed E-state index contributed by atoms with van der Waals surface area (Å²) in [7, 11) is 4.04. The molecule has 6 aliphatic rings. The summed E-state index contributed by atoms with van der Waals surface area (Å²) in [5, 5.41) is 30.5. The lowest BCUT2D eigenvalue weighted by molar-refractivity contribution is 0.00455. The standard InChI is InChI=1S/C15H21FO3.C15H20O3.C15H22O3.C14H16F2O2.C14H17FO2.C14H16O2.C14H18O2/c1-10-7-8-12(13(9-10)15(18)19-3)14(17)6-4-5-11(2)16;1-10-3-7-12(13(9-10)15(17)18-2)14(16)8-6-11-4-5-11;1-4-5-6-7-14(16)12-9-8-11(2)10-13(12)15(17)18-3;1-9-5-6-10-11(8-9)13(17)18-12(10)4-3-7-14(2,15)16;1-9-6-7-11-12(8-9)14(16)17-13(11)5-3-4-10(2)15;1-9-2-6-11-12(8-9)14(15)16-13(11)7-5-10-3-4-10;1-3-4-5-6-13-11-8-7-10(2)9-12(11)14(15)16-13/h7-9,11,14,17H,4-6H2,1-3H3;3,7,9,11,14,16H,4-6,8H2,1-2H3;8-10,14,16H,4-7H2,1-3H3;5-6,8,12H,3-4,7H2,1-2H3;6-8,10,13H,3-5H2,1-2H3;2,6,8,10,13H,3-5,7H2,1H3;7-9,13H,3-6H2,1-2H3. The van der Waals surface area contributed by atoms with Gasteiger partial charge in [0.1, 0.15) is 24.4 Å². The maximum Gasteiger partial charge on any atom is 0.339 e. The van der Waals surface area contributed by atoms with Crippen LogP contribution in [0.3, 0.4) is 0 Å². The lowest BCUT2D eigenvalue weighted by atomic mass is 9.96. The molecule has 4 heterocycles. The van der Waals surface area contributed by atoms with Gasteiger partial charge in [-0.1, -0.05) is 196 Å². The zero-order valence-corrected chi connectivity index (χ0v) is 74.2. The highest BCUT2D eigenvalue weighted by atomic mass is 19.3. The number of carbonyl (C=O) groups excluding carboxylic acids is 7. The third-order valence-corrected chi connectivity index (χ3v) is 22.5. The average Bonchev–Trinajstić information content (AvgIpc) is 1.64. The van der Waals surface area contributed by atoms with Gasteiger partial charge in [-0.3, -0.25) is 0 Å². The predicted octanol–water partition coefficient (Wildman–Crippen LogP) is 24.7. The molecule has 4 aliphatic heterocycles. The first-order valence-corrected chi connectivity index (χ1v) is 43.6. The zero-order valence-electron chi connectivity index (χ0n) is 74.2. The summed E-state index contributed by atoms with van der Waals surface area (Å²) in [4.78, 5) is 81.6. The number of carbonyl (C=O) groups is 7. The van der Waals surface area contributed by atoms with Gasteiger partial charge in [0.15, 0.2) is 0 Å². The van der Waals surface area contributed by atoms with E-state index < -0.39 is 42.5 Å². The van der Waals surface area contributed by atoms with E-state index in [1.807, 2.05) is 139 Å². The van der Waals surface area contributed by atoms with Crippen LogP contribution in [-0.2, 0) is 33.2 Å². The van der Waals surface area contributed by atoms with E-state index in [9.17, 15) is 66.4 Å². The average molecular weight is 1690 g/mol. The third kappa shape index (κ3) is 31.6. The number of alkyl halides is 4. The predicted molar refractivity (Wildman–Crippen MR) is 465 cm³/mol. The minimum absolute atomic E-state index is 0.00495. The van der Waals surface area contributed by atoms with E-state index in [-0.39, 0.29) is 66.7 Å². The van der Waals surface area contributed by atoms with Crippen molar-refractivity contribution in [1.82, 2.24) is 0 Å². The highest BCUT2D eigenvalue weighted by Gasteiger charge is 2.36. The van der Waals surface area contributed by atoms with Crippen molar-refractivity contribution in [1.29, 1.82) is 0 Å². The van der Waals surface area contributed by atoms with Crippen molar-refractivity contribution in [2.45, 2.75) is 305 Å². The Morgan fingerprint density at radius 1 is 0.377 bits per heavy atom. The molecule has 0 spiro atoms. The summed E-state index contributed by atoms with van der Waals surface area (Å²) in [6.45, 7) is 21.8. The SMILES string of the molecule is CCCCCC(O)c1ccc(C)cc1C(=O)OC.CCCCCC1OC(=O)c2cc(C)ccc21.COC(=O)c1cc(C)ccc1C(O)CCC1CC1.COC(=O)c1cc(C)ccc1C(O)CCCC(C)F.Cc1ccc2c(c1)C(=O)OC2CCC1CC1.Cc1ccc2c(c1)C(=O)OC2CCCC(C)(F)F.Cc1ccc2c(c1)C(=O)OC2CCCC(C)F. The van der Waals surface area contributed by atoms with Gasteiger partial charge >= 0.3 is 41.8 Å². The van der Waals surface area contributed by atoms with Crippen LogP contribution in [0.5, 0.6) is 0 Å². The van der Waals surface area contributed by atoms with E-state index >= 15 is 0 Å². The number of unbranched alkanes of at least 4 members (excludes halogenated alkanes) is 4. The fourth-order valence-corrected chi connectivity index (χ4v) is 15.1. The van der Waals surface area contributed by atoms with Crippen molar-refractivity contribution in [3.05, 3.63) is 244 Å². The Morgan fingerprint density at radius 3 is 0.992 bits per heavy atom. The molecule has 0 saturated heterocycles. The van der Waals surface area contributed by atoms with Crippen LogP contribution >= 0.6 is 0 Å². The van der Waals surface area contributed by atoms with Crippen LogP contribution in [0.25, 0.3) is 0 Å². The second kappa shape index (κ2) is 49.1. The quantitative estimate of drug-likeness (QED) is 0.0154. The number of rotatable bonds is 32. The first-order valence-electron chi connectivity index (χ1n) is 43.6. The molecule has 3 N–H and O–H groups in total. The van der Waals surface area contributed by atoms with Crippen LogP contribution in [0.4, 0.5) is 17.6 Å². The van der Waals surface area contributed by atoms with Crippen molar-refractivity contribution in [2.24, 2.45) is 11.8 Å². The van der Waals surface area contributed by atoms with Gasteiger partial charge in [0.05, 0.1) is 90.9 Å². The molecule has 2 saturated carbocycles. The number of fused-ring (bicyclic) bond motifs is 4. The molecule has 7 aromatic carbocycles. The molecule has 7 aromatic rings. The molecule has 664 valence electrons. The number of ether oxygens (including phenoxy) is 7. The molecule has 9 unspecified atom stereocenters. The molecule has 0 radical (unpaired) electrons. The van der Waals surface area contributed by atoms with E-state index in [4.69, 9.17) is 33.2 Å². The second-order valence-electron chi connectivity index (χ2n) is 33.7. The van der Waals surface area contributed by atoms with Crippen molar-refractivity contribution >= 4 is 41.8 Å². The minimum atomic E-state index is -2.65. The molecule has 13 rings (SSSR count). The number of cyclic esters (lactones) is 4. The highest BCUT2D eigenvalue weighted by molar-refractivity contribution is 5.97. The largest absolute Gasteiger partial charge is 0.465 e. The number of methoxy groups -OCH3 is 3. The first kappa shape index (κ1) is 99.5.